The predicted molar refractivity (Wildman–Crippen MR) is 134 cm³/mol. The molecule has 3 aromatic rings. The summed E-state index contributed by atoms with van der Waals surface area (Å²) in [4.78, 5) is 26.8. The molecule has 1 saturated heterocycles. The van der Waals surface area contributed by atoms with Crippen molar-refractivity contribution in [3.05, 3.63) is 93.7 Å². The summed E-state index contributed by atoms with van der Waals surface area (Å²) < 4.78 is 54.1. The Balaban J connectivity index is 1.38. The summed E-state index contributed by atoms with van der Waals surface area (Å²) in [7, 11) is 0. The molecule has 194 valence electrons. The number of carbonyl (C=O) groups is 2. The van der Waals surface area contributed by atoms with E-state index in [1.54, 1.807) is 11.0 Å². The Morgan fingerprint density at radius 1 is 0.919 bits per heavy atom. The Labute approximate surface area is 218 Å². The first-order valence-corrected chi connectivity index (χ1v) is 12.1. The van der Waals surface area contributed by atoms with E-state index in [2.05, 4.69) is 26.6 Å². The lowest BCUT2D eigenvalue weighted by molar-refractivity contribution is -0.140. The molecule has 4 rings (SSSR count). The van der Waals surface area contributed by atoms with Crippen LogP contribution in [0.25, 0.3) is 0 Å². The lowest BCUT2D eigenvalue weighted by atomic mass is 9.84. The second-order valence-corrected chi connectivity index (χ2v) is 9.57. The Kier molecular flexibility index (Phi) is 7.56. The van der Waals surface area contributed by atoms with Crippen LogP contribution >= 0.6 is 15.9 Å². The van der Waals surface area contributed by atoms with Gasteiger partial charge >= 0.3 is 12.2 Å². The summed E-state index contributed by atoms with van der Waals surface area (Å²) >= 11 is 3.37. The van der Waals surface area contributed by atoms with Crippen LogP contribution in [0.4, 0.5) is 33.7 Å². The van der Waals surface area contributed by atoms with Crippen LogP contribution in [0.3, 0.4) is 0 Å². The molecule has 0 atom stereocenters. The third-order valence-corrected chi connectivity index (χ3v) is 6.71. The van der Waals surface area contributed by atoms with Crippen LogP contribution in [0.2, 0.25) is 0 Å². The van der Waals surface area contributed by atoms with E-state index in [9.17, 15) is 32.3 Å². The number of aliphatic hydroxyl groups is 1. The largest absolute Gasteiger partial charge is 0.419 e. The molecule has 3 aromatic carbocycles. The topological polar surface area (TPSA) is 81.7 Å². The van der Waals surface area contributed by atoms with Crippen molar-refractivity contribution >= 4 is 39.2 Å². The lowest BCUT2D eigenvalue weighted by Crippen LogP contribution is -2.46. The number of rotatable bonds is 4. The number of benzene rings is 3. The molecule has 3 amide bonds. The van der Waals surface area contributed by atoms with Gasteiger partial charge in [0, 0.05) is 28.9 Å². The number of hydrogen-bond donors (Lipinski definition) is 3. The molecule has 1 aliphatic rings. The van der Waals surface area contributed by atoms with Gasteiger partial charge in [0.25, 0.3) is 5.91 Å². The molecular formula is C26H22BrF4N3O3. The van der Waals surface area contributed by atoms with Crippen LogP contribution in [0.15, 0.2) is 71.2 Å². The highest BCUT2D eigenvalue weighted by atomic mass is 79.9. The molecule has 0 aliphatic carbocycles. The van der Waals surface area contributed by atoms with Crippen molar-refractivity contribution in [3.8, 4) is 0 Å². The SMILES string of the molecule is O=C(Nc1cccc(NC(=O)N2CCC(O)(c3ccc(Br)cc3)CC2)c1)c1cccc(C(F)(F)F)c1F. The van der Waals surface area contributed by atoms with Crippen LogP contribution in [-0.2, 0) is 11.8 Å². The van der Waals surface area contributed by atoms with Crippen molar-refractivity contribution in [2.24, 2.45) is 0 Å². The Hall–Kier alpha value is -3.44. The van der Waals surface area contributed by atoms with Gasteiger partial charge in [-0.2, -0.15) is 13.2 Å². The van der Waals surface area contributed by atoms with Crippen molar-refractivity contribution < 1.29 is 32.3 Å². The van der Waals surface area contributed by atoms with E-state index in [1.807, 2.05) is 24.3 Å². The molecule has 1 aliphatic heterocycles. The zero-order valence-corrected chi connectivity index (χ0v) is 20.9. The first kappa shape index (κ1) is 26.6. The van der Waals surface area contributed by atoms with Crippen molar-refractivity contribution in [2.45, 2.75) is 24.6 Å². The second kappa shape index (κ2) is 10.5. The number of carbonyl (C=O) groups excluding carboxylic acids is 2. The highest BCUT2D eigenvalue weighted by molar-refractivity contribution is 9.10. The van der Waals surface area contributed by atoms with Gasteiger partial charge in [0.15, 0.2) is 0 Å². The first-order chi connectivity index (χ1) is 17.5. The third kappa shape index (κ3) is 6.11. The van der Waals surface area contributed by atoms with Gasteiger partial charge in [-0.3, -0.25) is 4.79 Å². The summed E-state index contributed by atoms with van der Waals surface area (Å²) in [5.74, 6) is -2.72. The molecule has 37 heavy (non-hydrogen) atoms. The van der Waals surface area contributed by atoms with E-state index in [-0.39, 0.29) is 5.69 Å². The molecule has 0 bridgehead atoms. The quantitative estimate of drug-likeness (QED) is 0.314. The van der Waals surface area contributed by atoms with E-state index in [0.717, 1.165) is 22.2 Å². The minimum absolute atomic E-state index is 0.155. The predicted octanol–water partition coefficient (Wildman–Crippen LogP) is 6.37. The van der Waals surface area contributed by atoms with Gasteiger partial charge in [0.1, 0.15) is 5.82 Å². The van der Waals surface area contributed by atoms with Gasteiger partial charge in [-0.25, -0.2) is 9.18 Å². The standard InChI is InChI=1S/C26H22BrF4N3O3/c27-17-9-7-16(8-10-17)25(37)11-13-34(14-12-25)24(36)33-19-4-1-3-18(15-19)32-23(35)20-5-2-6-21(22(20)28)26(29,30)31/h1-10,15,37H,11-14H2,(H,32,35)(H,33,36). The number of hydrogen-bond acceptors (Lipinski definition) is 3. The minimum atomic E-state index is -4.94. The van der Waals surface area contributed by atoms with E-state index in [0.29, 0.717) is 37.7 Å². The van der Waals surface area contributed by atoms with Crippen LogP contribution in [-0.4, -0.2) is 35.0 Å². The summed E-state index contributed by atoms with van der Waals surface area (Å²) in [5, 5.41) is 16.1. The second-order valence-electron chi connectivity index (χ2n) is 8.66. The zero-order chi connectivity index (χ0) is 26.8. The van der Waals surface area contributed by atoms with Gasteiger partial charge in [-0.15, -0.1) is 0 Å². The van der Waals surface area contributed by atoms with E-state index < -0.39 is 40.7 Å². The lowest BCUT2D eigenvalue weighted by Gasteiger charge is -2.38. The summed E-state index contributed by atoms with van der Waals surface area (Å²) in [6.07, 6.45) is -4.24. The van der Waals surface area contributed by atoms with Crippen LogP contribution in [0, 0.1) is 5.82 Å². The average Bonchev–Trinajstić information content (AvgIpc) is 2.84. The highest BCUT2D eigenvalue weighted by Gasteiger charge is 2.36. The van der Waals surface area contributed by atoms with E-state index >= 15 is 0 Å². The summed E-state index contributed by atoms with van der Waals surface area (Å²) in [5.41, 5.74) is -2.08. The number of anilines is 2. The van der Waals surface area contributed by atoms with E-state index in [1.165, 1.54) is 18.2 Å². The van der Waals surface area contributed by atoms with Crippen molar-refractivity contribution in [1.82, 2.24) is 4.90 Å². The van der Waals surface area contributed by atoms with Crippen molar-refractivity contribution in [2.75, 3.05) is 23.7 Å². The zero-order valence-electron chi connectivity index (χ0n) is 19.3. The molecule has 0 unspecified atom stereocenters. The molecule has 1 heterocycles. The summed E-state index contributed by atoms with van der Waals surface area (Å²) in [6, 6.07) is 15.4. The average molecular weight is 580 g/mol. The van der Waals surface area contributed by atoms with Gasteiger partial charge < -0.3 is 20.6 Å². The number of likely N-dealkylation sites (tertiary alicyclic amines) is 1. The Morgan fingerprint density at radius 3 is 2.14 bits per heavy atom. The molecule has 0 saturated carbocycles. The number of alkyl halides is 3. The van der Waals surface area contributed by atoms with Gasteiger partial charge in [-0.1, -0.05) is 40.2 Å². The highest BCUT2D eigenvalue weighted by Crippen LogP contribution is 2.34. The number of halogens is 5. The molecule has 0 radical (unpaired) electrons. The number of nitrogens with zero attached hydrogens (tertiary/aromatic N) is 1. The molecular weight excluding hydrogens is 558 g/mol. The van der Waals surface area contributed by atoms with Crippen molar-refractivity contribution in [1.29, 1.82) is 0 Å². The fourth-order valence-electron chi connectivity index (χ4n) is 4.13. The fourth-order valence-corrected chi connectivity index (χ4v) is 4.39. The summed E-state index contributed by atoms with van der Waals surface area (Å²) in [6.45, 7) is 0.618. The van der Waals surface area contributed by atoms with Gasteiger partial charge in [-0.05, 0) is 60.9 Å². The third-order valence-electron chi connectivity index (χ3n) is 6.18. The van der Waals surface area contributed by atoms with Gasteiger partial charge in [0.05, 0.1) is 16.7 Å². The monoisotopic (exact) mass is 579 g/mol. The smallest absolute Gasteiger partial charge is 0.385 e. The van der Waals surface area contributed by atoms with Crippen LogP contribution in [0.5, 0.6) is 0 Å². The molecule has 6 nitrogen and oxygen atoms in total. The van der Waals surface area contributed by atoms with E-state index in [4.69, 9.17) is 0 Å². The first-order valence-electron chi connectivity index (χ1n) is 11.3. The Morgan fingerprint density at radius 2 is 1.51 bits per heavy atom. The molecule has 1 fully saturated rings. The molecule has 0 spiro atoms. The maximum absolute atomic E-state index is 14.3. The molecule has 3 N–H and O–H groups in total. The van der Waals surface area contributed by atoms with Crippen LogP contribution in [0.1, 0.15) is 34.3 Å². The number of amides is 3. The Bertz CT molecular complexity index is 1310. The fraction of sp³-hybridized carbons (Fsp3) is 0.231. The molecule has 0 aromatic heterocycles. The number of nitrogens with one attached hydrogen (secondary N) is 2. The maximum atomic E-state index is 14.3. The minimum Gasteiger partial charge on any atom is -0.385 e. The normalized spacial score (nSPS) is 15.2. The van der Waals surface area contributed by atoms with Crippen molar-refractivity contribution in [3.63, 3.8) is 0 Å². The number of piperidine rings is 1. The molecule has 11 heteroatoms. The van der Waals surface area contributed by atoms with Crippen LogP contribution < -0.4 is 10.6 Å². The number of urea groups is 1. The van der Waals surface area contributed by atoms with Gasteiger partial charge in [0.2, 0.25) is 0 Å². The maximum Gasteiger partial charge on any atom is 0.419 e.